The molecule has 0 spiro atoms. The number of amides is 1. The summed E-state index contributed by atoms with van der Waals surface area (Å²) >= 11 is 0. The lowest BCUT2D eigenvalue weighted by atomic mass is 10.3. The number of nitro groups is 1. The molecule has 1 fully saturated rings. The molecule has 1 heterocycles. The molecule has 1 amide bonds. The van der Waals surface area contributed by atoms with Crippen LogP contribution in [0, 0.1) is 10.1 Å². The molecule has 8 heteroatoms. The monoisotopic (exact) mass is 309 g/mol. The third-order valence-corrected chi connectivity index (χ3v) is 3.46. The third-order valence-electron chi connectivity index (χ3n) is 3.46. The van der Waals surface area contributed by atoms with E-state index in [4.69, 9.17) is 4.74 Å². The number of hydrogen-bond donors (Lipinski definition) is 3. The molecule has 0 atom stereocenters. The maximum Gasteiger partial charge on any atom is 0.275 e. The highest BCUT2D eigenvalue weighted by molar-refractivity contribution is 5.76. The van der Waals surface area contributed by atoms with Crippen LogP contribution in [0.3, 0.4) is 0 Å². The van der Waals surface area contributed by atoms with Crippen molar-refractivity contribution in [1.82, 2.24) is 5.32 Å². The topological polar surface area (TPSA) is 97.9 Å². The maximum atomic E-state index is 11.8. The van der Waals surface area contributed by atoms with Gasteiger partial charge in [-0.05, 0) is 12.1 Å². The summed E-state index contributed by atoms with van der Waals surface area (Å²) < 4.78 is 5.25. The number of nitrogens with one attached hydrogen (secondary N) is 3. The predicted octanol–water partition coefficient (Wildman–Crippen LogP) is -0.962. The van der Waals surface area contributed by atoms with Crippen molar-refractivity contribution >= 4 is 17.3 Å². The van der Waals surface area contributed by atoms with Gasteiger partial charge in [-0.3, -0.25) is 14.9 Å². The zero-order valence-electron chi connectivity index (χ0n) is 12.3. The van der Waals surface area contributed by atoms with E-state index in [9.17, 15) is 14.9 Å². The van der Waals surface area contributed by atoms with Crippen molar-refractivity contribution in [2.45, 2.75) is 0 Å². The summed E-state index contributed by atoms with van der Waals surface area (Å²) in [7, 11) is 0. The molecule has 1 aliphatic heterocycles. The first-order valence-electron chi connectivity index (χ1n) is 7.31. The Labute approximate surface area is 128 Å². The van der Waals surface area contributed by atoms with Crippen molar-refractivity contribution in [2.75, 3.05) is 51.3 Å². The van der Waals surface area contributed by atoms with Gasteiger partial charge < -0.3 is 20.3 Å². The van der Waals surface area contributed by atoms with Gasteiger partial charge in [0.15, 0.2) is 6.54 Å². The number of rotatable bonds is 7. The summed E-state index contributed by atoms with van der Waals surface area (Å²) in [6.07, 6.45) is 0. The minimum Gasteiger partial charge on any atom is -0.383 e. The Balaban J connectivity index is 1.61. The molecule has 1 aliphatic rings. The van der Waals surface area contributed by atoms with Crippen molar-refractivity contribution in [1.29, 1.82) is 0 Å². The quantitative estimate of drug-likeness (QED) is 0.342. The van der Waals surface area contributed by atoms with Gasteiger partial charge in [-0.2, -0.15) is 0 Å². The van der Waals surface area contributed by atoms with Crippen LogP contribution in [-0.2, 0) is 9.53 Å². The minimum atomic E-state index is -0.433. The molecule has 1 saturated heterocycles. The van der Waals surface area contributed by atoms with Crippen LogP contribution in [-0.4, -0.2) is 56.8 Å². The van der Waals surface area contributed by atoms with Gasteiger partial charge in [0.05, 0.1) is 18.1 Å². The summed E-state index contributed by atoms with van der Waals surface area (Å²) in [6, 6.07) is 6.20. The Morgan fingerprint density at radius 2 is 1.91 bits per heavy atom. The normalized spacial score (nSPS) is 15.3. The molecule has 0 bridgehead atoms. The van der Waals surface area contributed by atoms with Crippen LogP contribution in [0.15, 0.2) is 24.3 Å². The van der Waals surface area contributed by atoms with Crippen LogP contribution in [0.5, 0.6) is 0 Å². The number of hydrogen-bond acceptors (Lipinski definition) is 5. The Bertz CT molecular complexity index is 500. The molecule has 1 aromatic carbocycles. The largest absolute Gasteiger partial charge is 0.383 e. The Hall–Kier alpha value is -2.19. The molecule has 0 aromatic heterocycles. The third kappa shape index (κ3) is 5.30. The van der Waals surface area contributed by atoms with Gasteiger partial charge >= 0.3 is 0 Å². The van der Waals surface area contributed by atoms with E-state index in [1.54, 1.807) is 12.1 Å². The van der Waals surface area contributed by atoms with Crippen molar-refractivity contribution in [3.63, 3.8) is 0 Å². The number of nitro benzene ring substituents is 1. The molecule has 1 aromatic rings. The number of anilines is 1. The van der Waals surface area contributed by atoms with E-state index in [2.05, 4.69) is 10.6 Å². The predicted molar refractivity (Wildman–Crippen MR) is 81.0 cm³/mol. The van der Waals surface area contributed by atoms with Gasteiger partial charge in [-0.1, -0.05) is 0 Å². The Morgan fingerprint density at radius 1 is 1.23 bits per heavy atom. The second-order valence-corrected chi connectivity index (χ2v) is 5.12. The van der Waals surface area contributed by atoms with Crippen LogP contribution in [0.4, 0.5) is 11.4 Å². The number of benzene rings is 1. The summed E-state index contributed by atoms with van der Waals surface area (Å²) in [5.41, 5.74) is 0.853. The summed E-state index contributed by atoms with van der Waals surface area (Å²) in [5, 5.41) is 16.5. The maximum absolute atomic E-state index is 11.8. The van der Waals surface area contributed by atoms with Crippen LogP contribution in [0.1, 0.15) is 0 Å². The molecule has 3 N–H and O–H groups in total. The highest BCUT2D eigenvalue weighted by atomic mass is 16.6. The minimum absolute atomic E-state index is 0.0300. The first-order valence-corrected chi connectivity index (χ1v) is 7.31. The highest BCUT2D eigenvalue weighted by Crippen LogP contribution is 2.14. The van der Waals surface area contributed by atoms with Gasteiger partial charge in [0.1, 0.15) is 13.1 Å². The van der Waals surface area contributed by atoms with Crippen LogP contribution in [0.2, 0.25) is 0 Å². The van der Waals surface area contributed by atoms with E-state index in [0.717, 1.165) is 18.8 Å². The number of quaternary nitrogens is 1. The van der Waals surface area contributed by atoms with Gasteiger partial charge in [0.2, 0.25) is 0 Å². The number of nitrogens with zero attached hydrogens (tertiary/aromatic N) is 1. The highest BCUT2D eigenvalue weighted by Gasteiger charge is 2.16. The van der Waals surface area contributed by atoms with Crippen molar-refractivity contribution < 1.29 is 19.4 Å². The van der Waals surface area contributed by atoms with Gasteiger partial charge in [0, 0.05) is 30.9 Å². The second kappa shape index (κ2) is 8.30. The Morgan fingerprint density at radius 3 is 2.55 bits per heavy atom. The molecule has 0 radical (unpaired) electrons. The molecule has 0 saturated carbocycles. The lowest BCUT2D eigenvalue weighted by Crippen LogP contribution is -3.15. The summed E-state index contributed by atoms with van der Waals surface area (Å²) in [6.45, 7) is 4.72. The molecular weight excluding hydrogens is 288 g/mol. The van der Waals surface area contributed by atoms with Crippen molar-refractivity contribution in [3.8, 4) is 0 Å². The second-order valence-electron chi connectivity index (χ2n) is 5.12. The molecule has 0 aliphatic carbocycles. The molecular formula is C14H21N4O4+. The standard InChI is InChI=1S/C14H20N4O4/c19-14(11-17-7-9-22-10-8-17)16-6-5-15-12-1-3-13(4-2-12)18(20)21/h1-4,15H,5-11H2,(H,16,19)/p+1. The van der Waals surface area contributed by atoms with Gasteiger partial charge in [0.25, 0.3) is 11.6 Å². The Kier molecular flexibility index (Phi) is 6.11. The van der Waals surface area contributed by atoms with Crippen molar-refractivity contribution in [3.05, 3.63) is 34.4 Å². The summed E-state index contributed by atoms with van der Waals surface area (Å²) in [5.74, 6) is 0.0300. The number of ether oxygens (including phenoxy) is 1. The van der Waals surface area contributed by atoms with Crippen LogP contribution < -0.4 is 15.5 Å². The van der Waals surface area contributed by atoms with Crippen molar-refractivity contribution in [2.24, 2.45) is 0 Å². The molecule has 120 valence electrons. The SMILES string of the molecule is O=C(C[NH+]1CCOCC1)NCCNc1ccc([N+](=O)[O-])cc1. The number of carbonyl (C=O) groups excluding carboxylic acids is 1. The first kappa shape index (κ1) is 16.2. The van der Waals surface area contributed by atoms with Gasteiger partial charge in [-0.25, -0.2) is 0 Å². The van der Waals surface area contributed by atoms with E-state index in [1.165, 1.54) is 17.0 Å². The van der Waals surface area contributed by atoms with E-state index in [-0.39, 0.29) is 11.6 Å². The van der Waals surface area contributed by atoms with E-state index in [0.29, 0.717) is 32.8 Å². The first-order chi connectivity index (χ1) is 10.6. The smallest absolute Gasteiger partial charge is 0.275 e. The van der Waals surface area contributed by atoms with Gasteiger partial charge in [-0.15, -0.1) is 0 Å². The fourth-order valence-corrected chi connectivity index (χ4v) is 2.24. The zero-order valence-corrected chi connectivity index (χ0v) is 12.3. The fraction of sp³-hybridized carbons (Fsp3) is 0.500. The average molecular weight is 309 g/mol. The average Bonchev–Trinajstić information content (AvgIpc) is 2.53. The molecule has 8 nitrogen and oxygen atoms in total. The fourth-order valence-electron chi connectivity index (χ4n) is 2.24. The van der Waals surface area contributed by atoms with E-state index < -0.39 is 4.92 Å². The summed E-state index contributed by atoms with van der Waals surface area (Å²) in [4.78, 5) is 23.1. The van der Waals surface area contributed by atoms with Crippen LogP contribution in [0.25, 0.3) is 0 Å². The number of morpholine rings is 1. The van der Waals surface area contributed by atoms with E-state index in [1.807, 2.05) is 0 Å². The lowest BCUT2D eigenvalue weighted by Gasteiger charge is -2.23. The zero-order chi connectivity index (χ0) is 15.8. The molecule has 22 heavy (non-hydrogen) atoms. The molecule has 2 rings (SSSR count). The van der Waals surface area contributed by atoms with E-state index >= 15 is 0 Å². The van der Waals surface area contributed by atoms with Crippen LogP contribution >= 0.6 is 0 Å². The molecule has 0 unspecified atom stereocenters. The lowest BCUT2D eigenvalue weighted by molar-refractivity contribution is -0.900. The number of carbonyl (C=O) groups is 1. The number of non-ortho nitro benzene ring substituents is 1.